The molecule has 0 spiro atoms. The van der Waals surface area contributed by atoms with E-state index in [-0.39, 0.29) is 17.6 Å². The van der Waals surface area contributed by atoms with Crippen LogP contribution in [-0.4, -0.2) is 34.5 Å². The van der Waals surface area contributed by atoms with Crippen molar-refractivity contribution in [3.05, 3.63) is 100 Å². The minimum Gasteiger partial charge on any atom is -0.427 e. The highest BCUT2D eigenvalue weighted by molar-refractivity contribution is 9.10. The van der Waals surface area contributed by atoms with Crippen LogP contribution < -0.4 is 9.64 Å². The number of fused-ring (bicyclic) bond motifs is 5. The molecule has 184 valence electrons. The number of anilines is 1. The molecule has 3 aromatic carbocycles. The normalized spacial score (nSPS) is 23.5. The van der Waals surface area contributed by atoms with E-state index in [0.717, 1.165) is 15.6 Å². The third kappa shape index (κ3) is 3.71. The molecule has 37 heavy (non-hydrogen) atoms. The smallest absolute Gasteiger partial charge is 0.308 e. The number of hydrogen-bond donors (Lipinski definition) is 0. The number of ether oxygens (including phenoxy) is 1. The fourth-order valence-electron chi connectivity index (χ4n) is 5.73. The molecule has 4 unspecified atom stereocenters. The van der Waals surface area contributed by atoms with Gasteiger partial charge in [0.15, 0.2) is 5.78 Å². The summed E-state index contributed by atoms with van der Waals surface area (Å²) in [4.78, 5) is 56.1. The second kappa shape index (κ2) is 8.81. The van der Waals surface area contributed by atoms with Gasteiger partial charge in [-0.1, -0.05) is 40.2 Å². The van der Waals surface area contributed by atoms with E-state index in [1.54, 1.807) is 48.5 Å². The lowest BCUT2D eigenvalue weighted by Crippen LogP contribution is -2.44. The number of rotatable bonds is 4. The summed E-state index contributed by atoms with van der Waals surface area (Å²) in [6.45, 7) is 1.30. The molecule has 2 amide bonds. The first kappa shape index (κ1) is 23.4. The number of ketones is 1. The molecule has 3 aromatic rings. The summed E-state index contributed by atoms with van der Waals surface area (Å²) in [5.41, 5.74) is 2.73. The molecule has 3 aliphatic heterocycles. The molecule has 0 aromatic heterocycles. The lowest BCUT2D eigenvalue weighted by molar-refractivity contribution is -0.132. The Morgan fingerprint density at radius 2 is 1.54 bits per heavy atom. The number of carbonyl (C=O) groups is 4. The number of esters is 1. The Morgan fingerprint density at radius 1 is 0.865 bits per heavy atom. The molecule has 0 radical (unpaired) electrons. The Bertz CT molecular complexity index is 1480. The van der Waals surface area contributed by atoms with Gasteiger partial charge in [-0.05, 0) is 65.7 Å². The molecule has 3 aliphatic rings. The molecule has 4 atom stereocenters. The van der Waals surface area contributed by atoms with Crippen LogP contribution in [0.3, 0.4) is 0 Å². The second-order valence-electron chi connectivity index (χ2n) is 9.30. The van der Waals surface area contributed by atoms with Crippen molar-refractivity contribution in [1.82, 2.24) is 4.90 Å². The van der Waals surface area contributed by atoms with Crippen molar-refractivity contribution in [1.29, 1.82) is 0 Å². The lowest BCUT2D eigenvalue weighted by Gasteiger charge is -2.35. The SMILES string of the molecule is CC(=O)Oc1ccc(C(=O)C2C3C(=O)N(c4ccc(Br)cc4)C(=O)C3C3c4ccccc4C=CN23)cc1. The molecular weight excluding hydrogens is 536 g/mol. The van der Waals surface area contributed by atoms with Crippen molar-refractivity contribution < 1.29 is 23.9 Å². The molecule has 0 bridgehead atoms. The first-order valence-electron chi connectivity index (χ1n) is 11.9. The number of benzene rings is 3. The van der Waals surface area contributed by atoms with Gasteiger partial charge in [-0.15, -0.1) is 0 Å². The maximum atomic E-state index is 14.0. The van der Waals surface area contributed by atoms with Crippen LogP contribution in [0.5, 0.6) is 5.75 Å². The highest BCUT2D eigenvalue weighted by Crippen LogP contribution is 2.53. The largest absolute Gasteiger partial charge is 0.427 e. The van der Waals surface area contributed by atoms with Crippen molar-refractivity contribution in [3.8, 4) is 5.75 Å². The molecule has 2 saturated heterocycles. The van der Waals surface area contributed by atoms with Crippen molar-refractivity contribution in [2.45, 2.75) is 19.0 Å². The average molecular weight is 557 g/mol. The summed E-state index contributed by atoms with van der Waals surface area (Å²) < 4.78 is 5.92. The Morgan fingerprint density at radius 3 is 2.24 bits per heavy atom. The lowest BCUT2D eigenvalue weighted by atomic mass is 9.83. The standard InChI is InChI=1S/C29H21BrN2O5/c1-16(33)37-21-12-6-18(7-13-21)27(34)26-24-23(25-22-5-3-2-4-17(22)14-15-31(25)26)28(35)32(29(24)36)20-10-8-19(30)9-11-20/h2-15,23-26H,1H3. The number of halogens is 1. The quantitative estimate of drug-likeness (QED) is 0.199. The predicted molar refractivity (Wildman–Crippen MR) is 140 cm³/mol. The first-order chi connectivity index (χ1) is 17.8. The van der Waals surface area contributed by atoms with Crippen LogP contribution >= 0.6 is 15.9 Å². The molecule has 0 aliphatic carbocycles. The Labute approximate surface area is 221 Å². The van der Waals surface area contributed by atoms with E-state index in [0.29, 0.717) is 17.0 Å². The van der Waals surface area contributed by atoms with Crippen LogP contribution in [0, 0.1) is 11.8 Å². The fraction of sp³-hybridized carbons (Fsp3) is 0.172. The predicted octanol–water partition coefficient (Wildman–Crippen LogP) is 4.77. The van der Waals surface area contributed by atoms with Crippen molar-refractivity contribution >= 4 is 51.3 Å². The number of carbonyl (C=O) groups excluding carboxylic acids is 4. The maximum Gasteiger partial charge on any atom is 0.308 e. The summed E-state index contributed by atoms with van der Waals surface area (Å²) in [6, 6.07) is 19.7. The number of hydrogen-bond acceptors (Lipinski definition) is 6. The summed E-state index contributed by atoms with van der Waals surface area (Å²) in [5, 5.41) is 0. The zero-order chi connectivity index (χ0) is 25.8. The number of amides is 2. The maximum absolute atomic E-state index is 14.0. The molecule has 6 rings (SSSR count). The summed E-state index contributed by atoms with van der Waals surface area (Å²) in [5.74, 6) is -2.65. The highest BCUT2D eigenvalue weighted by atomic mass is 79.9. The van der Waals surface area contributed by atoms with E-state index < -0.39 is 29.9 Å². The van der Waals surface area contributed by atoms with Gasteiger partial charge in [0.1, 0.15) is 11.8 Å². The van der Waals surface area contributed by atoms with Crippen LogP contribution in [0.4, 0.5) is 5.69 Å². The Kier molecular flexibility index (Phi) is 5.56. The number of nitrogens with zero attached hydrogens (tertiary/aromatic N) is 2. The van der Waals surface area contributed by atoms with Gasteiger partial charge in [0.25, 0.3) is 0 Å². The summed E-state index contributed by atoms with van der Waals surface area (Å²) in [6.07, 6.45) is 3.74. The van der Waals surface area contributed by atoms with E-state index in [1.165, 1.54) is 11.8 Å². The van der Waals surface area contributed by atoms with Gasteiger partial charge < -0.3 is 9.64 Å². The van der Waals surface area contributed by atoms with Gasteiger partial charge >= 0.3 is 5.97 Å². The third-order valence-electron chi connectivity index (χ3n) is 7.22. The van der Waals surface area contributed by atoms with E-state index >= 15 is 0 Å². The van der Waals surface area contributed by atoms with Crippen molar-refractivity contribution in [2.75, 3.05) is 4.90 Å². The van der Waals surface area contributed by atoms with Crippen LogP contribution in [0.2, 0.25) is 0 Å². The van der Waals surface area contributed by atoms with E-state index in [4.69, 9.17) is 4.74 Å². The summed E-state index contributed by atoms with van der Waals surface area (Å²) >= 11 is 3.39. The van der Waals surface area contributed by atoms with Gasteiger partial charge in [-0.3, -0.25) is 19.2 Å². The van der Waals surface area contributed by atoms with Gasteiger partial charge in [0.05, 0.1) is 23.6 Å². The molecule has 8 heteroatoms. The second-order valence-corrected chi connectivity index (χ2v) is 10.2. The van der Waals surface area contributed by atoms with Crippen LogP contribution in [-0.2, 0) is 14.4 Å². The highest BCUT2D eigenvalue weighted by Gasteiger charge is 2.64. The summed E-state index contributed by atoms with van der Waals surface area (Å²) in [7, 11) is 0. The molecule has 7 nitrogen and oxygen atoms in total. The minimum atomic E-state index is -0.865. The molecule has 0 saturated carbocycles. The van der Waals surface area contributed by atoms with E-state index in [2.05, 4.69) is 15.9 Å². The topological polar surface area (TPSA) is 84.0 Å². The molecule has 0 N–H and O–H groups in total. The van der Waals surface area contributed by atoms with Crippen LogP contribution in [0.1, 0.15) is 34.5 Å². The van der Waals surface area contributed by atoms with Crippen LogP contribution in [0.25, 0.3) is 6.08 Å². The van der Waals surface area contributed by atoms with Crippen LogP contribution in [0.15, 0.2) is 83.5 Å². The fourth-order valence-corrected chi connectivity index (χ4v) is 5.99. The Balaban J connectivity index is 1.44. The minimum absolute atomic E-state index is 0.269. The number of imide groups is 1. The van der Waals surface area contributed by atoms with Gasteiger partial charge in [0.2, 0.25) is 11.8 Å². The third-order valence-corrected chi connectivity index (χ3v) is 7.74. The van der Waals surface area contributed by atoms with E-state index in [1.807, 2.05) is 41.4 Å². The molecule has 2 fully saturated rings. The zero-order valence-corrected chi connectivity index (χ0v) is 21.3. The van der Waals surface area contributed by atoms with Gasteiger partial charge in [0, 0.05) is 23.2 Å². The first-order valence-corrected chi connectivity index (χ1v) is 12.6. The number of Topliss-reactive ketones (excluding diaryl/α,β-unsaturated/α-hetero) is 1. The average Bonchev–Trinajstić information content (AvgIpc) is 3.37. The van der Waals surface area contributed by atoms with E-state index in [9.17, 15) is 19.2 Å². The molecular formula is C29H21BrN2O5. The monoisotopic (exact) mass is 556 g/mol. The zero-order valence-electron chi connectivity index (χ0n) is 19.7. The van der Waals surface area contributed by atoms with Crippen molar-refractivity contribution in [2.24, 2.45) is 11.8 Å². The van der Waals surface area contributed by atoms with Gasteiger partial charge in [-0.25, -0.2) is 4.90 Å². The van der Waals surface area contributed by atoms with Crippen molar-refractivity contribution in [3.63, 3.8) is 0 Å². The van der Waals surface area contributed by atoms with Gasteiger partial charge in [-0.2, -0.15) is 0 Å². The molecule has 3 heterocycles. The Hall–Kier alpha value is -4.04.